The van der Waals surface area contributed by atoms with Crippen molar-refractivity contribution in [3.8, 4) is 0 Å². The van der Waals surface area contributed by atoms with Gasteiger partial charge in [-0.25, -0.2) is 0 Å². The standard InChI is InChI=1S/C15H30N2O/c1-3-14-11-16(2)9-6-10-17(14)12-15(18)13-7-4-5-8-13/h13-15,18H,3-12H2,1-2H3. The summed E-state index contributed by atoms with van der Waals surface area (Å²) in [6.45, 7) is 6.70. The van der Waals surface area contributed by atoms with E-state index in [9.17, 15) is 5.11 Å². The molecule has 0 aromatic rings. The second kappa shape index (κ2) is 6.88. The van der Waals surface area contributed by atoms with Crippen LogP contribution in [0.1, 0.15) is 45.4 Å². The van der Waals surface area contributed by atoms with Gasteiger partial charge in [0.15, 0.2) is 0 Å². The maximum Gasteiger partial charge on any atom is 0.0695 e. The molecule has 2 aliphatic rings. The van der Waals surface area contributed by atoms with Crippen LogP contribution in [0.15, 0.2) is 0 Å². The normalized spacial score (nSPS) is 30.5. The van der Waals surface area contributed by atoms with Gasteiger partial charge in [-0.1, -0.05) is 19.8 Å². The van der Waals surface area contributed by atoms with E-state index in [0.717, 1.165) is 19.6 Å². The first kappa shape index (κ1) is 14.3. The summed E-state index contributed by atoms with van der Waals surface area (Å²) >= 11 is 0. The minimum Gasteiger partial charge on any atom is -0.392 e. The molecule has 0 amide bonds. The fourth-order valence-electron chi connectivity index (χ4n) is 3.65. The van der Waals surface area contributed by atoms with Crippen LogP contribution in [-0.4, -0.2) is 60.3 Å². The number of aliphatic hydroxyl groups is 1. The molecule has 1 N–H and O–H groups in total. The van der Waals surface area contributed by atoms with Gasteiger partial charge in [-0.05, 0) is 51.7 Å². The van der Waals surface area contributed by atoms with Crippen molar-refractivity contribution in [2.45, 2.75) is 57.6 Å². The highest BCUT2D eigenvalue weighted by Gasteiger charge is 2.28. The molecular weight excluding hydrogens is 224 g/mol. The number of aliphatic hydroxyl groups excluding tert-OH is 1. The van der Waals surface area contributed by atoms with Crippen LogP contribution >= 0.6 is 0 Å². The number of β-amino-alcohol motifs (C(OH)–C–C–N with tert-alkyl or cyclic N) is 1. The number of likely N-dealkylation sites (N-methyl/N-ethyl adjacent to an activating group) is 1. The smallest absolute Gasteiger partial charge is 0.0695 e. The zero-order valence-electron chi connectivity index (χ0n) is 12.1. The van der Waals surface area contributed by atoms with Crippen LogP contribution in [0.4, 0.5) is 0 Å². The summed E-state index contributed by atoms with van der Waals surface area (Å²) in [5.41, 5.74) is 0. The second-order valence-corrected chi connectivity index (χ2v) is 6.28. The van der Waals surface area contributed by atoms with E-state index in [1.54, 1.807) is 0 Å². The Balaban J connectivity index is 1.88. The maximum atomic E-state index is 10.4. The number of hydrogen-bond donors (Lipinski definition) is 1. The Bertz CT molecular complexity index is 241. The van der Waals surface area contributed by atoms with Gasteiger partial charge in [0, 0.05) is 19.1 Å². The van der Waals surface area contributed by atoms with Gasteiger partial charge in [0.25, 0.3) is 0 Å². The monoisotopic (exact) mass is 254 g/mol. The van der Waals surface area contributed by atoms with Crippen LogP contribution < -0.4 is 0 Å². The van der Waals surface area contributed by atoms with Gasteiger partial charge in [0.1, 0.15) is 0 Å². The zero-order valence-corrected chi connectivity index (χ0v) is 12.1. The minimum absolute atomic E-state index is 0.0926. The molecule has 2 unspecified atom stereocenters. The van der Waals surface area contributed by atoms with Crippen molar-refractivity contribution in [3.63, 3.8) is 0 Å². The van der Waals surface area contributed by atoms with Crippen LogP contribution in [-0.2, 0) is 0 Å². The van der Waals surface area contributed by atoms with Crippen LogP contribution in [0.25, 0.3) is 0 Å². The lowest BCUT2D eigenvalue weighted by Crippen LogP contribution is -2.44. The molecule has 2 fully saturated rings. The largest absolute Gasteiger partial charge is 0.392 e. The van der Waals surface area contributed by atoms with Crippen molar-refractivity contribution in [1.29, 1.82) is 0 Å². The molecule has 18 heavy (non-hydrogen) atoms. The predicted molar refractivity (Wildman–Crippen MR) is 75.7 cm³/mol. The van der Waals surface area contributed by atoms with E-state index in [1.807, 2.05) is 0 Å². The summed E-state index contributed by atoms with van der Waals surface area (Å²) in [5, 5.41) is 10.4. The molecule has 1 saturated carbocycles. The van der Waals surface area contributed by atoms with Crippen LogP contribution in [0.3, 0.4) is 0 Å². The highest BCUT2D eigenvalue weighted by molar-refractivity contribution is 4.83. The van der Waals surface area contributed by atoms with E-state index in [4.69, 9.17) is 0 Å². The average molecular weight is 254 g/mol. The molecular formula is C15H30N2O. The van der Waals surface area contributed by atoms with Crippen LogP contribution in [0.5, 0.6) is 0 Å². The number of rotatable bonds is 4. The summed E-state index contributed by atoms with van der Waals surface area (Å²) in [6.07, 6.45) is 7.47. The summed E-state index contributed by atoms with van der Waals surface area (Å²) in [7, 11) is 2.22. The molecule has 1 aliphatic heterocycles. The Morgan fingerprint density at radius 1 is 1.17 bits per heavy atom. The van der Waals surface area contributed by atoms with Crippen LogP contribution in [0, 0.1) is 5.92 Å². The highest BCUT2D eigenvalue weighted by Crippen LogP contribution is 2.28. The minimum atomic E-state index is -0.0926. The quantitative estimate of drug-likeness (QED) is 0.831. The van der Waals surface area contributed by atoms with Gasteiger partial charge in [0.2, 0.25) is 0 Å². The lowest BCUT2D eigenvalue weighted by Gasteiger charge is -2.33. The van der Waals surface area contributed by atoms with Crippen molar-refractivity contribution in [1.82, 2.24) is 9.80 Å². The zero-order chi connectivity index (χ0) is 13.0. The summed E-state index contributed by atoms with van der Waals surface area (Å²) in [5.74, 6) is 0.573. The molecule has 0 spiro atoms. The summed E-state index contributed by atoms with van der Waals surface area (Å²) in [4.78, 5) is 4.99. The Hall–Kier alpha value is -0.120. The van der Waals surface area contributed by atoms with Gasteiger partial charge in [-0.3, -0.25) is 4.90 Å². The third-order valence-corrected chi connectivity index (χ3v) is 4.86. The van der Waals surface area contributed by atoms with Crippen molar-refractivity contribution >= 4 is 0 Å². The third-order valence-electron chi connectivity index (χ3n) is 4.86. The second-order valence-electron chi connectivity index (χ2n) is 6.28. The Labute approximate surface area is 112 Å². The van der Waals surface area contributed by atoms with Gasteiger partial charge in [-0.2, -0.15) is 0 Å². The van der Waals surface area contributed by atoms with Gasteiger partial charge in [0.05, 0.1) is 6.10 Å². The Morgan fingerprint density at radius 2 is 1.89 bits per heavy atom. The maximum absolute atomic E-state index is 10.4. The molecule has 106 valence electrons. The Kier molecular flexibility index (Phi) is 5.46. The van der Waals surface area contributed by atoms with E-state index < -0.39 is 0 Å². The third kappa shape index (κ3) is 3.69. The molecule has 1 saturated heterocycles. The molecule has 0 aromatic heterocycles. The molecule has 3 heteroatoms. The van der Waals surface area contributed by atoms with E-state index in [0.29, 0.717) is 12.0 Å². The topological polar surface area (TPSA) is 26.7 Å². The van der Waals surface area contributed by atoms with E-state index in [1.165, 1.54) is 45.1 Å². The fraction of sp³-hybridized carbons (Fsp3) is 1.00. The molecule has 1 heterocycles. The van der Waals surface area contributed by atoms with E-state index >= 15 is 0 Å². The van der Waals surface area contributed by atoms with Crippen molar-refractivity contribution in [2.24, 2.45) is 5.92 Å². The Morgan fingerprint density at radius 3 is 2.56 bits per heavy atom. The SMILES string of the molecule is CCC1CN(C)CCCN1CC(O)C1CCCC1. The number of hydrogen-bond acceptors (Lipinski definition) is 3. The van der Waals surface area contributed by atoms with E-state index in [-0.39, 0.29) is 6.10 Å². The molecule has 2 atom stereocenters. The molecule has 2 rings (SSSR count). The molecule has 1 aliphatic carbocycles. The first-order valence-electron chi connectivity index (χ1n) is 7.81. The van der Waals surface area contributed by atoms with Crippen molar-refractivity contribution < 1.29 is 5.11 Å². The molecule has 3 nitrogen and oxygen atoms in total. The van der Waals surface area contributed by atoms with E-state index in [2.05, 4.69) is 23.8 Å². The van der Waals surface area contributed by atoms with Gasteiger partial charge in [-0.15, -0.1) is 0 Å². The van der Waals surface area contributed by atoms with Crippen LogP contribution in [0.2, 0.25) is 0 Å². The molecule has 0 radical (unpaired) electrons. The number of nitrogens with zero attached hydrogens (tertiary/aromatic N) is 2. The van der Waals surface area contributed by atoms with Gasteiger partial charge >= 0.3 is 0 Å². The summed E-state index contributed by atoms with van der Waals surface area (Å²) < 4.78 is 0. The fourth-order valence-corrected chi connectivity index (χ4v) is 3.65. The molecule has 0 aromatic carbocycles. The van der Waals surface area contributed by atoms with Gasteiger partial charge < -0.3 is 10.0 Å². The lowest BCUT2D eigenvalue weighted by atomic mass is 9.99. The predicted octanol–water partition coefficient (Wildman–Crippen LogP) is 1.95. The average Bonchev–Trinajstić information content (AvgIpc) is 2.83. The first-order valence-corrected chi connectivity index (χ1v) is 7.81. The summed E-state index contributed by atoms with van der Waals surface area (Å²) in [6, 6.07) is 0.633. The molecule has 0 bridgehead atoms. The first-order chi connectivity index (χ1) is 8.70. The highest BCUT2D eigenvalue weighted by atomic mass is 16.3. The lowest BCUT2D eigenvalue weighted by molar-refractivity contribution is 0.0480. The van der Waals surface area contributed by atoms with Crippen molar-refractivity contribution in [2.75, 3.05) is 33.2 Å². The van der Waals surface area contributed by atoms with Crippen molar-refractivity contribution in [3.05, 3.63) is 0 Å².